The van der Waals surface area contributed by atoms with E-state index in [9.17, 15) is 18.0 Å². The average Bonchev–Trinajstić information content (AvgIpc) is 2.86. The number of fused-ring (bicyclic) bond motifs is 3. The number of carbonyl (C=O) groups excluding carboxylic acids is 1. The van der Waals surface area contributed by atoms with Gasteiger partial charge in [-0.2, -0.15) is 13.2 Å². The molecule has 1 amide bonds. The number of rotatable bonds is 5. The van der Waals surface area contributed by atoms with Crippen LogP contribution in [0.3, 0.4) is 0 Å². The van der Waals surface area contributed by atoms with Gasteiger partial charge in [-0.15, -0.1) is 0 Å². The summed E-state index contributed by atoms with van der Waals surface area (Å²) < 4.78 is 45.8. The van der Waals surface area contributed by atoms with Gasteiger partial charge in [0.15, 0.2) is 5.82 Å². The number of nitrogens with zero attached hydrogens (tertiary/aromatic N) is 4. The number of halogens is 3. The summed E-state index contributed by atoms with van der Waals surface area (Å²) in [5.41, 5.74) is 1.18. The van der Waals surface area contributed by atoms with Gasteiger partial charge in [0.2, 0.25) is 5.82 Å². The van der Waals surface area contributed by atoms with Crippen molar-refractivity contribution in [1.29, 1.82) is 0 Å². The predicted octanol–water partition coefficient (Wildman–Crippen LogP) is 3.26. The lowest BCUT2D eigenvalue weighted by Gasteiger charge is -2.47. The molecule has 3 aliphatic heterocycles. The number of aromatic nitrogens is 4. The lowest BCUT2D eigenvalue weighted by atomic mass is 9.81. The summed E-state index contributed by atoms with van der Waals surface area (Å²) in [6.07, 6.45) is 1.91. The first-order valence-electron chi connectivity index (χ1n) is 10.6. The number of alkyl halides is 3. The van der Waals surface area contributed by atoms with Crippen molar-refractivity contribution >= 4 is 23.1 Å². The number of hydrogen-bond donors (Lipinski definition) is 3. The Hall–Kier alpha value is -3.64. The largest absolute Gasteiger partial charge is 0.451 e. The van der Waals surface area contributed by atoms with Crippen molar-refractivity contribution in [3.05, 3.63) is 66.1 Å². The molecule has 3 aliphatic rings. The van der Waals surface area contributed by atoms with Crippen LogP contribution in [0.1, 0.15) is 34.6 Å². The minimum Gasteiger partial charge on any atom is -0.367 e. The number of hydrogen-bond acceptors (Lipinski definition) is 8. The standard InChI is InChI=1S/C22H20F3N7O2/c23-22(24,25)20-28-9-17(31-19(33)13-7-26-12-27-8-13)18(32-20)30-15-3-1-14(2-4-15)21-6-5-16(10-34-21)29-11-21/h1-4,7-9,12,16,29H,5-6,10-11H2,(H,31,33)(H,28,30,32). The van der Waals surface area contributed by atoms with Crippen molar-refractivity contribution in [2.75, 3.05) is 23.8 Å². The molecule has 3 aromatic rings. The second-order valence-electron chi connectivity index (χ2n) is 8.16. The van der Waals surface area contributed by atoms with E-state index in [1.807, 2.05) is 12.1 Å². The van der Waals surface area contributed by atoms with Crippen LogP contribution in [0.5, 0.6) is 0 Å². The predicted molar refractivity (Wildman–Crippen MR) is 115 cm³/mol. The molecule has 0 spiro atoms. The van der Waals surface area contributed by atoms with E-state index in [1.54, 1.807) is 12.1 Å². The molecule has 0 aliphatic carbocycles. The van der Waals surface area contributed by atoms with Crippen LogP contribution in [-0.2, 0) is 16.5 Å². The summed E-state index contributed by atoms with van der Waals surface area (Å²) in [7, 11) is 0. The van der Waals surface area contributed by atoms with Gasteiger partial charge in [0, 0.05) is 30.7 Å². The molecule has 0 saturated carbocycles. The first-order chi connectivity index (χ1) is 16.3. The highest BCUT2D eigenvalue weighted by atomic mass is 19.4. The van der Waals surface area contributed by atoms with Gasteiger partial charge in [0.05, 0.1) is 18.4 Å². The number of nitrogens with one attached hydrogen (secondary N) is 3. The third-order valence-corrected chi connectivity index (χ3v) is 5.92. The number of benzene rings is 1. The van der Waals surface area contributed by atoms with Crippen molar-refractivity contribution < 1.29 is 22.7 Å². The third-order valence-electron chi connectivity index (χ3n) is 5.92. The molecule has 3 fully saturated rings. The first kappa shape index (κ1) is 22.2. The molecule has 34 heavy (non-hydrogen) atoms. The van der Waals surface area contributed by atoms with Crippen LogP contribution in [0.4, 0.5) is 30.4 Å². The summed E-state index contributed by atoms with van der Waals surface area (Å²) in [4.78, 5) is 27.0. The molecule has 0 radical (unpaired) electrons. The summed E-state index contributed by atoms with van der Waals surface area (Å²) in [6, 6.07) is 7.61. The normalized spacial score (nSPS) is 21.8. The number of morpholine rings is 1. The summed E-state index contributed by atoms with van der Waals surface area (Å²) in [5.74, 6) is -2.14. The van der Waals surface area contributed by atoms with Gasteiger partial charge in [-0.05, 0) is 30.5 Å². The topological polar surface area (TPSA) is 114 Å². The molecule has 5 heterocycles. The Morgan fingerprint density at radius 2 is 1.91 bits per heavy atom. The van der Waals surface area contributed by atoms with E-state index in [2.05, 4.69) is 35.9 Å². The highest BCUT2D eigenvalue weighted by Gasteiger charge is 2.42. The molecule has 2 unspecified atom stereocenters. The minimum absolute atomic E-state index is 0.0253. The first-order valence-corrected chi connectivity index (χ1v) is 10.6. The van der Waals surface area contributed by atoms with Crippen LogP contribution in [0.15, 0.2) is 49.2 Å². The van der Waals surface area contributed by atoms with Crippen LogP contribution >= 0.6 is 0 Å². The molecule has 2 bridgehead atoms. The summed E-state index contributed by atoms with van der Waals surface area (Å²) in [5, 5.41) is 8.82. The van der Waals surface area contributed by atoms with E-state index in [-0.39, 0.29) is 17.1 Å². The van der Waals surface area contributed by atoms with E-state index < -0.39 is 23.5 Å². The van der Waals surface area contributed by atoms with Crippen LogP contribution in [0, 0.1) is 0 Å². The van der Waals surface area contributed by atoms with E-state index in [0.29, 0.717) is 24.9 Å². The Morgan fingerprint density at radius 3 is 2.53 bits per heavy atom. The van der Waals surface area contributed by atoms with E-state index in [0.717, 1.165) is 24.6 Å². The second-order valence-corrected chi connectivity index (χ2v) is 8.16. The zero-order chi connectivity index (χ0) is 23.8. The van der Waals surface area contributed by atoms with Crippen molar-refractivity contribution in [3.8, 4) is 0 Å². The fourth-order valence-corrected chi connectivity index (χ4v) is 4.07. The monoisotopic (exact) mass is 471 g/mol. The molecule has 3 saturated heterocycles. The third kappa shape index (κ3) is 4.41. The Bertz CT molecular complexity index is 1170. The SMILES string of the molecule is O=C(Nc1cnc(C(F)(F)F)nc1Nc1ccc(C23CCC(CO2)NC3)cc1)c1cncnc1. The summed E-state index contributed by atoms with van der Waals surface area (Å²) >= 11 is 0. The van der Waals surface area contributed by atoms with Gasteiger partial charge < -0.3 is 20.7 Å². The zero-order valence-corrected chi connectivity index (χ0v) is 17.8. The number of carbonyl (C=O) groups is 1. The van der Waals surface area contributed by atoms with Gasteiger partial charge in [-0.1, -0.05) is 12.1 Å². The lowest BCUT2D eigenvalue weighted by Crippen LogP contribution is -2.57. The Morgan fingerprint density at radius 1 is 1.15 bits per heavy atom. The van der Waals surface area contributed by atoms with Crippen molar-refractivity contribution in [2.45, 2.75) is 30.7 Å². The summed E-state index contributed by atoms with van der Waals surface area (Å²) in [6.45, 7) is 1.36. The van der Waals surface area contributed by atoms with Crippen LogP contribution in [-0.4, -0.2) is 45.0 Å². The minimum atomic E-state index is -4.75. The van der Waals surface area contributed by atoms with Crippen molar-refractivity contribution in [1.82, 2.24) is 25.3 Å². The number of ether oxygens (including phenoxy) is 1. The second kappa shape index (κ2) is 8.61. The number of anilines is 3. The Kier molecular flexibility index (Phi) is 5.62. The quantitative estimate of drug-likeness (QED) is 0.520. The lowest BCUT2D eigenvalue weighted by molar-refractivity contribution is -0.144. The van der Waals surface area contributed by atoms with E-state index in [4.69, 9.17) is 4.74 Å². The fraction of sp³-hybridized carbons (Fsp3) is 0.318. The van der Waals surface area contributed by atoms with Crippen molar-refractivity contribution in [2.24, 2.45) is 0 Å². The zero-order valence-electron chi connectivity index (χ0n) is 17.8. The molecule has 2 aromatic heterocycles. The van der Waals surface area contributed by atoms with Crippen molar-refractivity contribution in [3.63, 3.8) is 0 Å². The van der Waals surface area contributed by atoms with Gasteiger partial charge >= 0.3 is 6.18 Å². The molecule has 1 aromatic carbocycles. The Balaban J connectivity index is 1.40. The molecule has 3 N–H and O–H groups in total. The molecule has 12 heteroatoms. The van der Waals surface area contributed by atoms with Gasteiger partial charge in [-0.25, -0.2) is 19.9 Å². The molecule has 6 rings (SSSR count). The van der Waals surface area contributed by atoms with E-state index in [1.165, 1.54) is 18.7 Å². The smallest absolute Gasteiger partial charge is 0.367 e. The average molecular weight is 471 g/mol. The highest BCUT2D eigenvalue weighted by molar-refractivity contribution is 6.05. The maximum Gasteiger partial charge on any atom is 0.451 e. The van der Waals surface area contributed by atoms with E-state index >= 15 is 0 Å². The number of piperidine rings is 1. The highest BCUT2D eigenvalue weighted by Crippen LogP contribution is 2.39. The van der Waals surface area contributed by atoms with Crippen LogP contribution in [0.25, 0.3) is 0 Å². The maximum absolute atomic E-state index is 13.2. The number of amides is 1. The molecule has 9 nitrogen and oxygen atoms in total. The fourth-order valence-electron chi connectivity index (χ4n) is 4.07. The molecule has 2 atom stereocenters. The van der Waals surface area contributed by atoms with Crippen LogP contribution < -0.4 is 16.0 Å². The molecule has 176 valence electrons. The van der Waals surface area contributed by atoms with Gasteiger partial charge in [-0.3, -0.25) is 4.79 Å². The van der Waals surface area contributed by atoms with Gasteiger partial charge in [0.25, 0.3) is 5.91 Å². The Labute approximate surface area is 192 Å². The maximum atomic E-state index is 13.2. The molecular formula is C22H20F3N7O2. The molecular weight excluding hydrogens is 451 g/mol. The van der Waals surface area contributed by atoms with Gasteiger partial charge in [0.1, 0.15) is 17.6 Å². The van der Waals surface area contributed by atoms with Crippen LogP contribution in [0.2, 0.25) is 0 Å².